The van der Waals surface area contributed by atoms with Crippen LogP contribution in [0.2, 0.25) is 0 Å². The van der Waals surface area contributed by atoms with Gasteiger partial charge in [0.25, 0.3) is 0 Å². The molecule has 1 N–H and O–H groups in total. The lowest BCUT2D eigenvalue weighted by molar-refractivity contribution is 0.0342. The monoisotopic (exact) mass is 321 g/mol. The third kappa shape index (κ3) is 3.50. The van der Waals surface area contributed by atoms with Gasteiger partial charge < -0.3 is 10.1 Å². The van der Waals surface area contributed by atoms with Gasteiger partial charge in [-0.3, -0.25) is 9.88 Å². The Bertz CT molecular complexity index is 832. The molecule has 1 aliphatic rings. The van der Waals surface area contributed by atoms with Crippen molar-refractivity contribution in [1.82, 2.24) is 19.9 Å². The van der Waals surface area contributed by atoms with E-state index in [2.05, 4.69) is 43.4 Å². The van der Waals surface area contributed by atoms with Gasteiger partial charge in [-0.1, -0.05) is 12.1 Å². The Morgan fingerprint density at radius 2 is 1.92 bits per heavy atom. The molecule has 0 aliphatic carbocycles. The van der Waals surface area contributed by atoms with Gasteiger partial charge in [-0.2, -0.15) is 0 Å². The lowest BCUT2D eigenvalue weighted by Gasteiger charge is -2.26. The van der Waals surface area contributed by atoms with Gasteiger partial charge in [-0.15, -0.1) is 0 Å². The van der Waals surface area contributed by atoms with Gasteiger partial charge in [0, 0.05) is 37.7 Å². The first kappa shape index (κ1) is 15.0. The molecule has 6 heteroatoms. The molecule has 1 saturated heterocycles. The highest BCUT2D eigenvalue weighted by Crippen LogP contribution is 2.19. The van der Waals surface area contributed by atoms with Crippen LogP contribution in [0.1, 0.15) is 5.56 Å². The molecule has 0 unspecified atom stereocenters. The number of nitrogens with one attached hydrogen (secondary N) is 1. The minimum Gasteiger partial charge on any atom is -0.379 e. The van der Waals surface area contributed by atoms with E-state index in [1.807, 2.05) is 18.2 Å². The summed E-state index contributed by atoms with van der Waals surface area (Å²) in [6.07, 6.45) is 3.33. The minimum atomic E-state index is 0.645. The molecule has 0 atom stereocenters. The van der Waals surface area contributed by atoms with Gasteiger partial charge in [-0.05, 0) is 29.8 Å². The molecule has 0 bridgehead atoms. The van der Waals surface area contributed by atoms with E-state index in [0.717, 1.165) is 49.9 Å². The van der Waals surface area contributed by atoms with E-state index < -0.39 is 0 Å². The molecule has 1 aliphatic heterocycles. The van der Waals surface area contributed by atoms with E-state index in [1.54, 1.807) is 12.4 Å². The molecule has 0 saturated carbocycles. The van der Waals surface area contributed by atoms with E-state index in [4.69, 9.17) is 4.74 Å². The second-order valence-corrected chi connectivity index (χ2v) is 5.81. The van der Waals surface area contributed by atoms with Crippen molar-refractivity contribution in [3.8, 4) is 0 Å². The number of benzene rings is 1. The number of morpholine rings is 1. The van der Waals surface area contributed by atoms with E-state index in [0.29, 0.717) is 5.65 Å². The van der Waals surface area contributed by atoms with Crippen LogP contribution in [0, 0.1) is 0 Å². The van der Waals surface area contributed by atoms with E-state index in [1.165, 1.54) is 5.56 Å². The van der Waals surface area contributed by atoms with E-state index in [9.17, 15) is 0 Å². The zero-order valence-electron chi connectivity index (χ0n) is 13.4. The summed E-state index contributed by atoms with van der Waals surface area (Å²) in [5.74, 6) is 0.770. The minimum absolute atomic E-state index is 0.645. The predicted octanol–water partition coefficient (Wildman–Crippen LogP) is 2.60. The number of fused-ring (bicyclic) bond motifs is 1. The molecule has 2 aromatic heterocycles. The summed E-state index contributed by atoms with van der Waals surface area (Å²) in [4.78, 5) is 15.4. The second-order valence-electron chi connectivity index (χ2n) is 5.81. The number of hydrogen-bond acceptors (Lipinski definition) is 6. The topological polar surface area (TPSA) is 63.2 Å². The Labute approximate surface area is 140 Å². The van der Waals surface area contributed by atoms with Crippen LogP contribution in [0.5, 0.6) is 0 Å². The van der Waals surface area contributed by atoms with Crippen molar-refractivity contribution >= 4 is 22.7 Å². The smallest absolute Gasteiger partial charge is 0.180 e. The predicted molar refractivity (Wildman–Crippen MR) is 93.2 cm³/mol. The zero-order chi connectivity index (χ0) is 16.2. The normalized spacial score (nSPS) is 15.5. The summed E-state index contributed by atoms with van der Waals surface area (Å²) >= 11 is 0. The number of hydrogen-bond donors (Lipinski definition) is 1. The number of nitrogens with zero attached hydrogens (tertiary/aromatic N) is 4. The Morgan fingerprint density at radius 3 is 2.83 bits per heavy atom. The van der Waals surface area contributed by atoms with Crippen LogP contribution < -0.4 is 5.32 Å². The maximum Gasteiger partial charge on any atom is 0.180 e. The summed E-state index contributed by atoms with van der Waals surface area (Å²) in [5.41, 5.74) is 3.75. The number of ether oxygens (including phenoxy) is 1. The molecular weight excluding hydrogens is 302 g/mol. The third-order valence-electron chi connectivity index (χ3n) is 4.04. The highest BCUT2D eigenvalue weighted by atomic mass is 16.5. The highest BCUT2D eigenvalue weighted by molar-refractivity contribution is 5.72. The molecule has 3 heterocycles. The highest BCUT2D eigenvalue weighted by Gasteiger charge is 2.10. The molecule has 24 heavy (non-hydrogen) atoms. The van der Waals surface area contributed by atoms with Crippen molar-refractivity contribution in [2.24, 2.45) is 0 Å². The summed E-state index contributed by atoms with van der Waals surface area (Å²) in [6.45, 7) is 4.56. The van der Waals surface area contributed by atoms with Gasteiger partial charge in [0.2, 0.25) is 0 Å². The Morgan fingerprint density at radius 1 is 1.04 bits per heavy atom. The molecule has 0 amide bonds. The van der Waals surface area contributed by atoms with Gasteiger partial charge >= 0.3 is 0 Å². The maximum atomic E-state index is 5.40. The summed E-state index contributed by atoms with van der Waals surface area (Å²) in [5, 5.41) is 3.35. The molecule has 1 aromatic carbocycles. The van der Waals surface area contributed by atoms with E-state index in [-0.39, 0.29) is 0 Å². The van der Waals surface area contributed by atoms with Crippen LogP contribution in [0.25, 0.3) is 11.2 Å². The van der Waals surface area contributed by atoms with Crippen molar-refractivity contribution in [2.45, 2.75) is 6.54 Å². The number of pyridine rings is 1. The molecule has 3 aromatic rings. The van der Waals surface area contributed by atoms with Crippen LogP contribution in [-0.4, -0.2) is 46.2 Å². The Hall–Kier alpha value is -2.57. The first-order valence-electron chi connectivity index (χ1n) is 8.11. The molecule has 0 spiro atoms. The van der Waals surface area contributed by atoms with Crippen LogP contribution in [0.15, 0.2) is 48.8 Å². The lowest BCUT2D eigenvalue weighted by Crippen LogP contribution is -2.35. The first-order chi connectivity index (χ1) is 11.9. The SMILES string of the molecule is c1cc(CN2CCOCC2)cc(Nc2ccc3nccnc3n2)c1. The largest absolute Gasteiger partial charge is 0.379 e. The summed E-state index contributed by atoms with van der Waals surface area (Å²) < 4.78 is 5.40. The molecule has 6 nitrogen and oxygen atoms in total. The van der Waals surface area contributed by atoms with Crippen molar-refractivity contribution in [3.63, 3.8) is 0 Å². The third-order valence-corrected chi connectivity index (χ3v) is 4.04. The Balaban J connectivity index is 1.50. The van der Waals surface area contributed by atoms with Crippen molar-refractivity contribution < 1.29 is 4.74 Å². The van der Waals surface area contributed by atoms with Crippen LogP contribution in [-0.2, 0) is 11.3 Å². The fourth-order valence-electron chi connectivity index (χ4n) is 2.84. The molecule has 122 valence electrons. The average Bonchev–Trinajstić information content (AvgIpc) is 2.63. The number of anilines is 2. The fraction of sp³-hybridized carbons (Fsp3) is 0.278. The second kappa shape index (κ2) is 6.90. The standard InChI is InChI=1S/C18H19N5O/c1-2-14(13-23-8-10-24-11-9-23)12-15(3-1)21-17-5-4-16-18(22-17)20-7-6-19-16/h1-7,12H,8-11,13H2,(H,20,21,22). The quantitative estimate of drug-likeness (QED) is 0.797. The van der Waals surface area contributed by atoms with Gasteiger partial charge in [0.1, 0.15) is 11.3 Å². The van der Waals surface area contributed by atoms with Crippen LogP contribution in [0.4, 0.5) is 11.5 Å². The zero-order valence-corrected chi connectivity index (χ0v) is 13.4. The first-order valence-corrected chi connectivity index (χ1v) is 8.11. The molecule has 0 radical (unpaired) electrons. The number of aromatic nitrogens is 3. The van der Waals surface area contributed by atoms with Gasteiger partial charge in [-0.25, -0.2) is 9.97 Å². The molecule has 4 rings (SSSR count). The van der Waals surface area contributed by atoms with Gasteiger partial charge in [0.05, 0.1) is 13.2 Å². The van der Waals surface area contributed by atoms with E-state index >= 15 is 0 Å². The van der Waals surface area contributed by atoms with Crippen molar-refractivity contribution in [1.29, 1.82) is 0 Å². The maximum absolute atomic E-state index is 5.40. The van der Waals surface area contributed by atoms with Crippen LogP contribution >= 0.6 is 0 Å². The summed E-state index contributed by atoms with van der Waals surface area (Å²) in [6, 6.07) is 12.3. The molecule has 1 fully saturated rings. The molecular formula is C18H19N5O. The van der Waals surface area contributed by atoms with Crippen LogP contribution in [0.3, 0.4) is 0 Å². The fourth-order valence-corrected chi connectivity index (χ4v) is 2.84. The Kier molecular flexibility index (Phi) is 4.31. The lowest BCUT2D eigenvalue weighted by atomic mass is 10.2. The van der Waals surface area contributed by atoms with Gasteiger partial charge in [0.15, 0.2) is 5.65 Å². The summed E-state index contributed by atoms with van der Waals surface area (Å²) in [7, 11) is 0. The number of rotatable bonds is 4. The van der Waals surface area contributed by atoms with Crippen molar-refractivity contribution in [2.75, 3.05) is 31.6 Å². The average molecular weight is 321 g/mol. The van der Waals surface area contributed by atoms with Crippen molar-refractivity contribution in [3.05, 3.63) is 54.4 Å².